The molecule has 2 saturated heterocycles. The number of thioether (sulfide) groups is 1. The van der Waals surface area contributed by atoms with E-state index in [1.807, 2.05) is 36.6 Å². The van der Waals surface area contributed by atoms with Crippen molar-refractivity contribution in [1.29, 1.82) is 0 Å². The Labute approximate surface area is 178 Å². The summed E-state index contributed by atoms with van der Waals surface area (Å²) in [4.78, 5) is 12.6. The number of hydrogen-bond donors (Lipinski definition) is 1. The summed E-state index contributed by atoms with van der Waals surface area (Å²) in [5.74, 6) is -0.557. The van der Waals surface area contributed by atoms with E-state index in [-0.39, 0.29) is 6.61 Å². The van der Waals surface area contributed by atoms with Crippen LogP contribution < -0.4 is 0 Å². The summed E-state index contributed by atoms with van der Waals surface area (Å²) >= 11 is 7.23. The highest BCUT2D eigenvalue weighted by Gasteiger charge is 2.50. The maximum atomic E-state index is 12.6. The first-order valence-electron chi connectivity index (χ1n) is 9.21. The van der Waals surface area contributed by atoms with Gasteiger partial charge in [-0.15, -0.1) is 11.8 Å². The lowest BCUT2D eigenvalue weighted by Crippen LogP contribution is -2.61. The number of esters is 1. The van der Waals surface area contributed by atoms with Gasteiger partial charge in [-0.25, -0.2) is 4.79 Å². The standard InChI is InChI=1S/C21H21ClO6S/c1-29-21-18(27-19(24)12-7-9-14(22)10-8-12)16(23)17-15(26-21)11-25-20(28-17)13-5-3-2-4-6-13/h2-10,15-18,20-21,23H,11H2,1H3/t15-,16+,17+,18-,20?,21+/m1/s1. The fourth-order valence-corrected chi connectivity index (χ4v) is 4.30. The van der Waals surface area contributed by atoms with E-state index in [2.05, 4.69) is 0 Å². The van der Waals surface area contributed by atoms with Gasteiger partial charge in [0.1, 0.15) is 23.7 Å². The van der Waals surface area contributed by atoms with E-state index < -0.39 is 42.1 Å². The summed E-state index contributed by atoms with van der Waals surface area (Å²) in [5, 5.41) is 11.5. The second-order valence-electron chi connectivity index (χ2n) is 6.82. The lowest BCUT2D eigenvalue weighted by molar-refractivity contribution is -0.317. The molecule has 1 N–H and O–H groups in total. The molecular weight excluding hydrogens is 416 g/mol. The van der Waals surface area contributed by atoms with Gasteiger partial charge in [0.25, 0.3) is 0 Å². The molecule has 0 saturated carbocycles. The van der Waals surface area contributed by atoms with E-state index >= 15 is 0 Å². The minimum atomic E-state index is -1.06. The first-order chi connectivity index (χ1) is 14.1. The Hall–Kier alpha value is -1.61. The van der Waals surface area contributed by atoms with E-state index in [0.29, 0.717) is 10.6 Å². The van der Waals surface area contributed by atoms with Gasteiger partial charge in [-0.3, -0.25) is 0 Å². The van der Waals surface area contributed by atoms with Crippen LogP contribution in [0.3, 0.4) is 0 Å². The van der Waals surface area contributed by atoms with Gasteiger partial charge in [0.15, 0.2) is 12.4 Å². The summed E-state index contributed by atoms with van der Waals surface area (Å²) in [6.45, 7) is 0.274. The lowest BCUT2D eigenvalue weighted by Gasteiger charge is -2.47. The first-order valence-corrected chi connectivity index (χ1v) is 10.9. The zero-order valence-corrected chi connectivity index (χ0v) is 17.2. The number of carbonyl (C=O) groups is 1. The molecular formula is C21H21ClO6S. The van der Waals surface area contributed by atoms with Crippen LogP contribution in [0.25, 0.3) is 0 Å². The molecule has 2 aromatic carbocycles. The minimum Gasteiger partial charge on any atom is -0.452 e. The molecule has 2 aromatic rings. The molecule has 0 spiro atoms. The van der Waals surface area contributed by atoms with Gasteiger partial charge in [0, 0.05) is 10.6 Å². The van der Waals surface area contributed by atoms with Crippen molar-refractivity contribution < 1.29 is 28.8 Å². The highest BCUT2D eigenvalue weighted by molar-refractivity contribution is 7.99. The van der Waals surface area contributed by atoms with Crippen molar-refractivity contribution in [3.05, 3.63) is 70.7 Å². The van der Waals surface area contributed by atoms with E-state index in [1.165, 1.54) is 11.8 Å². The normalized spacial score (nSPS) is 31.7. The van der Waals surface area contributed by atoms with Crippen LogP contribution >= 0.6 is 23.4 Å². The van der Waals surface area contributed by atoms with Crippen LogP contribution in [-0.2, 0) is 18.9 Å². The topological polar surface area (TPSA) is 74.2 Å². The number of ether oxygens (including phenoxy) is 4. The molecule has 0 aliphatic carbocycles. The van der Waals surface area contributed by atoms with Gasteiger partial charge in [0.05, 0.1) is 12.2 Å². The van der Waals surface area contributed by atoms with Crippen LogP contribution in [0.5, 0.6) is 0 Å². The van der Waals surface area contributed by atoms with Gasteiger partial charge >= 0.3 is 5.97 Å². The predicted molar refractivity (Wildman–Crippen MR) is 109 cm³/mol. The average molecular weight is 437 g/mol. The number of carbonyl (C=O) groups excluding carboxylic acids is 1. The summed E-state index contributed by atoms with van der Waals surface area (Å²) < 4.78 is 23.4. The largest absolute Gasteiger partial charge is 0.452 e. The summed E-state index contributed by atoms with van der Waals surface area (Å²) in [6.07, 6.45) is -1.86. The molecule has 2 aliphatic rings. The Bertz CT molecular complexity index is 833. The highest BCUT2D eigenvalue weighted by atomic mass is 35.5. The van der Waals surface area contributed by atoms with Crippen molar-refractivity contribution in [2.24, 2.45) is 0 Å². The maximum Gasteiger partial charge on any atom is 0.338 e. The highest BCUT2D eigenvalue weighted by Crippen LogP contribution is 2.37. The van der Waals surface area contributed by atoms with Crippen LogP contribution in [0.1, 0.15) is 22.2 Å². The quantitative estimate of drug-likeness (QED) is 0.736. The van der Waals surface area contributed by atoms with Crippen molar-refractivity contribution in [3.8, 4) is 0 Å². The number of halogens is 1. The molecule has 2 aliphatic heterocycles. The third kappa shape index (κ3) is 4.45. The zero-order chi connectivity index (χ0) is 20.4. The second kappa shape index (κ2) is 9.04. The van der Waals surface area contributed by atoms with Crippen molar-refractivity contribution in [2.45, 2.75) is 36.1 Å². The first kappa shape index (κ1) is 20.7. The molecule has 29 heavy (non-hydrogen) atoms. The smallest absolute Gasteiger partial charge is 0.338 e. The Kier molecular flexibility index (Phi) is 6.44. The average Bonchev–Trinajstić information content (AvgIpc) is 2.76. The third-order valence-corrected chi connectivity index (χ3v) is 6.03. The zero-order valence-electron chi connectivity index (χ0n) is 15.6. The lowest BCUT2D eigenvalue weighted by atomic mass is 9.98. The molecule has 0 amide bonds. The molecule has 154 valence electrons. The van der Waals surface area contributed by atoms with Crippen molar-refractivity contribution in [1.82, 2.24) is 0 Å². The number of benzene rings is 2. The molecule has 0 bridgehead atoms. The molecule has 6 atom stereocenters. The second-order valence-corrected chi connectivity index (χ2v) is 8.20. The summed E-state index contributed by atoms with van der Waals surface area (Å²) in [5.41, 5.74) is 0.654. The van der Waals surface area contributed by atoms with Crippen LogP contribution in [0, 0.1) is 0 Å². The Morgan fingerprint density at radius 3 is 2.55 bits per heavy atom. The van der Waals surface area contributed by atoms with Gasteiger partial charge < -0.3 is 24.1 Å². The summed E-state index contributed by atoms with van der Waals surface area (Å²) in [6, 6.07) is 15.9. The number of aliphatic hydroxyl groups excluding tert-OH is 1. The molecule has 0 radical (unpaired) electrons. The van der Waals surface area contributed by atoms with E-state index in [9.17, 15) is 9.90 Å². The van der Waals surface area contributed by atoms with Crippen LogP contribution in [0.15, 0.2) is 54.6 Å². The summed E-state index contributed by atoms with van der Waals surface area (Å²) in [7, 11) is 0. The molecule has 2 fully saturated rings. The predicted octanol–water partition coefficient (Wildman–Crippen LogP) is 3.43. The Morgan fingerprint density at radius 2 is 1.86 bits per heavy atom. The fourth-order valence-electron chi connectivity index (χ4n) is 3.44. The Morgan fingerprint density at radius 1 is 1.14 bits per heavy atom. The van der Waals surface area contributed by atoms with Gasteiger partial charge in [0.2, 0.25) is 0 Å². The number of aliphatic hydroxyl groups is 1. The van der Waals surface area contributed by atoms with E-state index in [0.717, 1.165) is 5.56 Å². The number of fused-ring (bicyclic) bond motifs is 1. The molecule has 2 heterocycles. The van der Waals surface area contributed by atoms with Crippen LogP contribution in [0.2, 0.25) is 5.02 Å². The SMILES string of the molecule is CS[C@@H]1O[C@@H]2COC(c3ccccc3)O[C@@H]2[C@H](O)[C@H]1OC(=O)c1ccc(Cl)cc1. The van der Waals surface area contributed by atoms with Gasteiger partial charge in [-0.2, -0.15) is 0 Å². The Balaban J connectivity index is 1.50. The van der Waals surface area contributed by atoms with Crippen LogP contribution in [-0.4, -0.2) is 53.8 Å². The van der Waals surface area contributed by atoms with Crippen molar-refractivity contribution in [2.75, 3.05) is 12.9 Å². The number of hydrogen-bond acceptors (Lipinski definition) is 7. The molecule has 8 heteroatoms. The monoisotopic (exact) mass is 436 g/mol. The molecule has 1 unspecified atom stereocenters. The van der Waals surface area contributed by atoms with E-state index in [1.54, 1.807) is 24.3 Å². The number of rotatable bonds is 4. The third-order valence-electron chi connectivity index (χ3n) is 4.94. The van der Waals surface area contributed by atoms with Gasteiger partial charge in [-0.05, 0) is 30.5 Å². The van der Waals surface area contributed by atoms with Gasteiger partial charge in [-0.1, -0.05) is 41.9 Å². The fraction of sp³-hybridized carbons (Fsp3) is 0.381. The van der Waals surface area contributed by atoms with Crippen molar-refractivity contribution >= 4 is 29.3 Å². The minimum absolute atomic E-state index is 0.274. The van der Waals surface area contributed by atoms with E-state index in [4.69, 9.17) is 30.5 Å². The molecule has 0 aromatic heterocycles. The molecule has 4 rings (SSSR count). The maximum absolute atomic E-state index is 12.6. The van der Waals surface area contributed by atoms with Crippen LogP contribution in [0.4, 0.5) is 0 Å². The van der Waals surface area contributed by atoms with Crippen molar-refractivity contribution in [3.63, 3.8) is 0 Å². The molecule has 6 nitrogen and oxygen atoms in total.